The molecule has 1 aliphatic heterocycles. The first kappa shape index (κ1) is 11.1. The Labute approximate surface area is 99.8 Å². The van der Waals surface area contributed by atoms with E-state index in [1.807, 2.05) is 24.3 Å². The molecule has 4 nitrogen and oxygen atoms in total. The van der Waals surface area contributed by atoms with Gasteiger partial charge in [0.15, 0.2) is 0 Å². The normalized spacial score (nSPS) is 18.5. The molecule has 0 radical (unpaired) electrons. The van der Waals surface area contributed by atoms with Crippen molar-refractivity contribution in [3.8, 4) is 0 Å². The fraction of sp³-hybridized carbons (Fsp3) is 0.273. The van der Waals surface area contributed by atoms with Crippen LogP contribution in [-0.4, -0.2) is 10.1 Å². The number of hydrogen-bond acceptors (Lipinski definition) is 4. The molecule has 1 atom stereocenters. The monoisotopic (exact) mass is 255 g/mol. The number of rotatable bonds is 1. The van der Waals surface area contributed by atoms with Crippen LogP contribution in [0.2, 0.25) is 0 Å². The first-order valence-electron chi connectivity index (χ1n) is 5.29. The van der Waals surface area contributed by atoms with E-state index in [1.165, 1.54) is 0 Å². The van der Waals surface area contributed by atoms with Crippen molar-refractivity contribution in [3.05, 3.63) is 41.5 Å². The first-order chi connectivity index (χ1) is 8.54. The molecule has 1 aromatic carbocycles. The standard InChI is InChI=1S/C11H8F3N3O/c12-11(13,14)10-16-9(18-17-10)8-5-6-3-1-2-4-7(6)15-8/h1-4,8,15H,5H2/t8-/m0/s1. The molecule has 0 saturated carbocycles. The molecule has 1 aromatic heterocycles. The Balaban J connectivity index is 1.85. The Morgan fingerprint density at radius 1 is 1.28 bits per heavy atom. The lowest BCUT2D eigenvalue weighted by Gasteiger charge is -2.04. The van der Waals surface area contributed by atoms with E-state index in [0.29, 0.717) is 6.42 Å². The summed E-state index contributed by atoms with van der Waals surface area (Å²) in [5.41, 5.74) is 1.91. The van der Waals surface area contributed by atoms with Crippen molar-refractivity contribution in [3.63, 3.8) is 0 Å². The number of para-hydroxylation sites is 1. The summed E-state index contributed by atoms with van der Waals surface area (Å²) in [6.45, 7) is 0. The largest absolute Gasteiger partial charge is 0.455 e. The van der Waals surface area contributed by atoms with Crippen LogP contribution in [0.3, 0.4) is 0 Å². The van der Waals surface area contributed by atoms with Gasteiger partial charge in [0.05, 0.1) is 0 Å². The van der Waals surface area contributed by atoms with E-state index in [9.17, 15) is 13.2 Å². The SMILES string of the molecule is FC(F)(F)c1noc([C@@H]2Cc3ccccc3N2)n1. The third-order valence-electron chi connectivity index (χ3n) is 2.76. The average molecular weight is 255 g/mol. The number of nitrogens with one attached hydrogen (secondary N) is 1. The van der Waals surface area contributed by atoms with Crippen molar-refractivity contribution < 1.29 is 17.7 Å². The molecular weight excluding hydrogens is 247 g/mol. The van der Waals surface area contributed by atoms with E-state index in [2.05, 4.69) is 20.0 Å². The zero-order valence-corrected chi connectivity index (χ0v) is 9.03. The van der Waals surface area contributed by atoms with Gasteiger partial charge in [-0.05, 0) is 11.6 Å². The van der Waals surface area contributed by atoms with Crippen LogP contribution in [0.15, 0.2) is 28.8 Å². The molecule has 0 bridgehead atoms. The number of halogens is 3. The minimum atomic E-state index is -4.58. The summed E-state index contributed by atoms with van der Waals surface area (Å²) >= 11 is 0. The van der Waals surface area contributed by atoms with Crippen LogP contribution in [0.5, 0.6) is 0 Å². The Bertz CT molecular complexity index is 554. The highest BCUT2D eigenvalue weighted by Crippen LogP contribution is 2.34. The van der Waals surface area contributed by atoms with Gasteiger partial charge in [0, 0.05) is 12.1 Å². The lowest BCUT2D eigenvalue weighted by Crippen LogP contribution is -2.10. The molecular formula is C11H8F3N3O. The third-order valence-corrected chi connectivity index (χ3v) is 2.76. The molecule has 2 aromatic rings. The Morgan fingerprint density at radius 3 is 2.72 bits per heavy atom. The maximum absolute atomic E-state index is 12.3. The van der Waals surface area contributed by atoms with Crippen LogP contribution in [-0.2, 0) is 12.6 Å². The van der Waals surface area contributed by atoms with Crippen LogP contribution in [0, 0.1) is 0 Å². The molecule has 3 rings (SSSR count). The van der Waals surface area contributed by atoms with Gasteiger partial charge in [-0.15, -0.1) is 0 Å². The lowest BCUT2D eigenvalue weighted by molar-refractivity contribution is -0.146. The summed E-state index contributed by atoms with van der Waals surface area (Å²) in [6.07, 6.45) is -4.04. The maximum Gasteiger partial charge on any atom is 0.455 e. The smallest absolute Gasteiger partial charge is 0.373 e. The Hall–Kier alpha value is -2.05. The van der Waals surface area contributed by atoms with Gasteiger partial charge in [-0.2, -0.15) is 18.2 Å². The Morgan fingerprint density at radius 2 is 2.06 bits per heavy atom. The second-order valence-electron chi connectivity index (χ2n) is 4.01. The number of hydrogen-bond donors (Lipinski definition) is 1. The fourth-order valence-electron chi connectivity index (χ4n) is 1.94. The van der Waals surface area contributed by atoms with Crippen molar-refractivity contribution in [2.24, 2.45) is 0 Å². The van der Waals surface area contributed by atoms with Gasteiger partial charge >= 0.3 is 6.18 Å². The van der Waals surface area contributed by atoms with Gasteiger partial charge in [-0.1, -0.05) is 23.4 Å². The molecule has 0 saturated heterocycles. The van der Waals surface area contributed by atoms with Gasteiger partial charge in [-0.25, -0.2) is 0 Å². The molecule has 0 amide bonds. The number of aromatic nitrogens is 2. The molecule has 18 heavy (non-hydrogen) atoms. The second kappa shape index (κ2) is 3.72. The maximum atomic E-state index is 12.3. The minimum absolute atomic E-state index is 0.0430. The predicted molar refractivity (Wildman–Crippen MR) is 55.8 cm³/mol. The molecule has 0 aliphatic carbocycles. The second-order valence-corrected chi connectivity index (χ2v) is 4.01. The number of alkyl halides is 3. The molecule has 2 heterocycles. The van der Waals surface area contributed by atoms with Crippen LogP contribution >= 0.6 is 0 Å². The topological polar surface area (TPSA) is 51.0 Å². The fourth-order valence-corrected chi connectivity index (χ4v) is 1.94. The average Bonchev–Trinajstić information content (AvgIpc) is 2.94. The number of fused-ring (bicyclic) bond motifs is 1. The van der Waals surface area contributed by atoms with E-state index < -0.39 is 18.0 Å². The zero-order chi connectivity index (χ0) is 12.8. The minimum Gasteiger partial charge on any atom is -0.373 e. The summed E-state index contributed by atoms with van der Waals surface area (Å²) in [5.74, 6) is -1.28. The number of anilines is 1. The van der Waals surface area contributed by atoms with Gasteiger partial charge in [0.1, 0.15) is 6.04 Å². The van der Waals surface area contributed by atoms with Crippen molar-refractivity contribution in [1.82, 2.24) is 10.1 Å². The highest BCUT2D eigenvalue weighted by molar-refractivity contribution is 5.56. The summed E-state index contributed by atoms with van der Waals surface area (Å²) < 4.78 is 41.7. The van der Waals surface area contributed by atoms with E-state index in [1.54, 1.807) is 0 Å². The number of benzene rings is 1. The van der Waals surface area contributed by atoms with Crippen molar-refractivity contribution in [2.75, 3.05) is 5.32 Å². The van der Waals surface area contributed by atoms with Crippen molar-refractivity contribution >= 4 is 5.69 Å². The summed E-state index contributed by atoms with van der Waals surface area (Å²) in [5, 5.41) is 6.00. The summed E-state index contributed by atoms with van der Waals surface area (Å²) in [4.78, 5) is 3.38. The van der Waals surface area contributed by atoms with E-state index in [4.69, 9.17) is 0 Å². The van der Waals surface area contributed by atoms with Crippen LogP contribution in [0.1, 0.15) is 23.3 Å². The third kappa shape index (κ3) is 1.81. The predicted octanol–water partition coefficient (Wildman–Crippen LogP) is 2.80. The van der Waals surface area contributed by atoms with E-state index in [-0.39, 0.29) is 5.89 Å². The highest BCUT2D eigenvalue weighted by atomic mass is 19.4. The van der Waals surface area contributed by atoms with Crippen LogP contribution < -0.4 is 5.32 Å². The molecule has 94 valence electrons. The molecule has 0 fully saturated rings. The lowest BCUT2D eigenvalue weighted by atomic mass is 10.1. The molecule has 0 spiro atoms. The van der Waals surface area contributed by atoms with Gasteiger partial charge in [0.25, 0.3) is 5.82 Å². The van der Waals surface area contributed by atoms with Gasteiger partial charge in [0.2, 0.25) is 5.89 Å². The van der Waals surface area contributed by atoms with Crippen molar-refractivity contribution in [1.29, 1.82) is 0 Å². The molecule has 0 unspecified atom stereocenters. The quantitative estimate of drug-likeness (QED) is 0.851. The van der Waals surface area contributed by atoms with Gasteiger partial charge in [-0.3, -0.25) is 0 Å². The van der Waals surface area contributed by atoms with Crippen molar-refractivity contribution in [2.45, 2.75) is 18.6 Å². The molecule has 1 aliphatic rings. The van der Waals surface area contributed by atoms with E-state index >= 15 is 0 Å². The zero-order valence-electron chi connectivity index (χ0n) is 9.03. The Kier molecular flexibility index (Phi) is 2.29. The highest BCUT2D eigenvalue weighted by Gasteiger charge is 2.38. The summed E-state index contributed by atoms with van der Waals surface area (Å²) in [7, 11) is 0. The van der Waals surface area contributed by atoms with E-state index in [0.717, 1.165) is 11.3 Å². The first-order valence-corrected chi connectivity index (χ1v) is 5.29. The summed E-state index contributed by atoms with van der Waals surface area (Å²) in [6, 6.07) is 7.09. The van der Waals surface area contributed by atoms with Gasteiger partial charge < -0.3 is 9.84 Å². The molecule has 1 N–H and O–H groups in total. The number of nitrogens with zero attached hydrogens (tertiary/aromatic N) is 2. The molecule has 7 heteroatoms. The van der Waals surface area contributed by atoms with Crippen LogP contribution in [0.4, 0.5) is 18.9 Å². The van der Waals surface area contributed by atoms with Crippen LogP contribution in [0.25, 0.3) is 0 Å².